The van der Waals surface area contributed by atoms with Gasteiger partial charge in [-0.15, -0.1) is 0 Å². The Balaban J connectivity index is 1.98. The summed E-state index contributed by atoms with van der Waals surface area (Å²) in [4.78, 5) is 31.0. The van der Waals surface area contributed by atoms with E-state index in [2.05, 4.69) is 0 Å². The predicted molar refractivity (Wildman–Crippen MR) is 142 cm³/mol. The molecule has 8 nitrogen and oxygen atoms in total. The van der Waals surface area contributed by atoms with E-state index in [9.17, 15) is 24.2 Å². The van der Waals surface area contributed by atoms with Gasteiger partial charge in [-0.05, 0) is 55.5 Å². The normalized spacial score (nSPS) is 13.8. The summed E-state index contributed by atoms with van der Waals surface area (Å²) < 4.78 is 15.5. The summed E-state index contributed by atoms with van der Waals surface area (Å²) in [6.45, 7) is 6.11. The van der Waals surface area contributed by atoms with Crippen molar-refractivity contribution < 1.29 is 29.3 Å². The Hall–Kier alpha value is -3.56. The van der Waals surface area contributed by atoms with Gasteiger partial charge in [0.05, 0.1) is 30.4 Å². The van der Waals surface area contributed by atoms with Crippen LogP contribution in [-0.2, 0) is 11.3 Å². The van der Waals surface area contributed by atoms with E-state index < -0.39 is 30.4 Å². The fraction of sp³-hybridized carbons (Fsp3) is 0.414. The molecule has 0 bridgehead atoms. The first-order chi connectivity index (χ1) is 18.0. The zero-order valence-electron chi connectivity index (χ0n) is 22.2. The highest BCUT2D eigenvalue weighted by Crippen LogP contribution is 2.31. The van der Waals surface area contributed by atoms with Crippen LogP contribution in [0.1, 0.15) is 73.7 Å². The van der Waals surface area contributed by atoms with Gasteiger partial charge in [0.1, 0.15) is 11.6 Å². The Bertz CT molecular complexity index is 1230. The van der Waals surface area contributed by atoms with Crippen molar-refractivity contribution in [1.82, 2.24) is 14.5 Å². The second-order valence-corrected chi connectivity index (χ2v) is 9.92. The molecule has 3 atom stereocenters. The molecule has 3 N–H and O–H groups in total. The number of carbonyl (C=O) groups is 2. The number of aliphatic hydroxyl groups excluding tert-OH is 2. The molecule has 1 amide bonds. The number of nitrogens with zero attached hydrogens (tertiary/aromatic N) is 3. The molecule has 0 radical (unpaired) electrons. The molecule has 2 aromatic carbocycles. The van der Waals surface area contributed by atoms with Crippen LogP contribution in [-0.4, -0.2) is 60.9 Å². The number of imidazole rings is 1. The topological polar surface area (TPSA) is 116 Å². The minimum Gasteiger partial charge on any atom is -0.481 e. The average molecular weight is 526 g/mol. The summed E-state index contributed by atoms with van der Waals surface area (Å²) in [6.07, 6.45) is -2.48. The first kappa shape index (κ1) is 29.0. The highest BCUT2D eigenvalue weighted by Gasteiger charge is 2.29. The molecule has 1 aromatic heterocycles. The van der Waals surface area contributed by atoms with E-state index >= 15 is 0 Å². The molecule has 0 fully saturated rings. The number of hydrogen-bond acceptors (Lipinski definition) is 5. The third kappa shape index (κ3) is 7.05. The van der Waals surface area contributed by atoms with Crippen molar-refractivity contribution in [3.05, 3.63) is 77.4 Å². The number of aliphatic hydroxyl groups is 2. The summed E-state index contributed by atoms with van der Waals surface area (Å²) in [5.41, 5.74) is 2.56. The van der Waals surface area contributed by atoms with Gasteiger partial charge in [0.15, 0.2) is 5.69 Å². The maximum atomic E-state index is 13.8. The van der Waals surface area contributed by atoms with E-state index in [1.165, 1.54) is 12.1 Å². The average Bonchev–Trinajstić information content (AvgIpc) is 3.26. The van der Waals surface area contributed by atoms with Crippen LogP contribution in [0.3, 0.4) is 0 Å². The van der Waals surface area contributed by atoms with Gasteiger partial charge in [-0.2, -0.15) is 0 Å². The second kappa shape index (κ2) is 12.8. The molecule has 1 heterocycles. The van der Waals surface area contributed by atoms with Crippen molar-refractivity contribution >= 4 is 11.9 Å². The zero-order chi connectivity index (χ0) is 28.0. The lowest BCUT2D eigenvalue weighted by molar-refractivity contribution is -0.139. The quantitative estimate of drug-likeness (QED) is 0.318. The van der Waals surface area contributed by atoms with E-state index in [1.807, 2.05) is 55.7 Å². The van der Waals surface area contributed by atoms with E-state index in [1.54, 1.807) is 24.1 Å². The third-order valence-electron chi connectivity index (χ3n) is 6.68. The SMILES string of the molecule is CC(C)c1c(C(=O)N(C)[C@@H](C)c2ccccc2)nc(-c2ccc(F)cc2)n1CC[C@@H](O)C[C@@H](O)CC(=O)O. The van der Waals surface area contributed by atoms with Gasteiger partial charge in [-0.1, -0.05) is 44.2 Å². The Morgan fingerprint density at radius 1 is 1.00 bits per heavy atom. The molecular weight excluding hydrogens is 489 g/mol. The van der Waals surface area contributed by atoms with Crippen molar-refractivity contribution in [2.45, 2.75) is 70.7 Å². The third-order valence-corrected chi connectivity index (χ3v) is 6.68. The summed E-state index contributed by atoms with van der Waals surface area (Å²) in [6, 6.07) is 15.3. The Morgan fingerprint density at radius 2 is 1.63 bits per heavy atom. The van der Waals surface area contributed by atoms with Gasteiger partial charge in [0.25, 0.3) is 5.91 Å². The number of halogens is 1. The van der Waals surface area contributed by atoms with Crippen molar-refractivity contribution in [3.63, 3.8) is 0 Å². The molecule has 0 saturated carbocycles. The van der Waals surface area contributed by atoms with Crippen molar-refractivity contribution in [3.8, 4) is 11.4 Å². The number of carboxylic acids is 1. The lowest BCUT2D eigenvalue weighted by atomic mass is 10.0. The monoisotopic (exact) mass is 525 g/mol. The number of rotatable bonds is 12. The first-order valence-electron chi connectivity index (χ1n) is 12.8. The number of amides is 1. The fourth-order valence-corrected chi connectivity index (χ4v) is 4.55. The molecule has 0 unspecified atom stereocenters. The minimum absolute atomic E-state index is 0.0903. The Labute approximate surface area is 222 Å². The standard InChI is InChI=1S/C29H36FN3O5/c1-18(2)27-26(29(38)32(4)19(3)20-8-6-5-7-9-20)31-28(21-10-12-22(30)13-11-21)33(27)15-14-23(34)16-24(35)17-25(36)37/h5-13,18-19,23-24,34-35H,14-17H2,1-4H3,(H,36,37)/t19-,23+,24+/m0/s1. The number of benzene rings is 2. The van der Waals surface area contributed by atoms with Gasteiger partial charge in [0.2, 0.25) is 0 Å². The van der Waals surface area contributed by atoms with E-state index in [0.717, 1.165) is 5.56 Å². The van der Waals surface area contributed by atoms with E-state index in [0.29, 0.717) is 17.1 Å². The molecule has 0 aliphatic carbocycles. The first-order valence-corrected chi connectivity index (χ1v) is 12.8. The van der Waals surface area contributed by atoms with Crippen molar-refractivity contribution in [2.24, 2.45) is 0 Å². The molecule has 0 spiro atoms. The summed E-state index contributed by atoms with van der Waals surface area (Å²) >= 11 is 0. The van der Waals surface area contributed by atoms with Crippen LogP contribution >= 0.6 is 0 Å². The van der Waals surface area contributed by atoms with Gasteiger partial charge >= 0.3 is 5.97 Å². The maximum absolute atomic E-state index is 13.8. The minimum atomic E-state index is -1.17. The summed E-state index contributed by atoms with van der Waals surface area (Å²) in [7, 11) is 1.73. The van der Waals surface area contributed by atoms with Crippen LogP contribution in [0.4, 0.5) is 4.39 Å². The molecule has 9 heteroatoms. The van der Waals surface area contributed by atoms with E-state index in [-0.39, 0.29) is 42.9 Å². The van der Waals surface area contributed by atoms with Crippen molar-refractivity contribution in [1.29, 1.82) is 0 Å². The lowest BCUT2D eigenvalue weighted by Gasteiger charge is -2.25. The highest BCUT2D eigenvalue weighted by molar-refractivity contribution is 5.94. The highest BCUT2D eigenvalue weighted by atomic mass is 19.1. The molecule has 38 heavy (non-hydrogen) atoms. The molecule has 3 rings (SSSR count). The van der Waals surface area contributed by atoms with E-state index in [4.69, 9.17) is 10.1 Å². The summed E-state index contributed by atoms with van der Waals surface area (Å²) in [5.74, 6) is -1.44. The van der Waals surface area contributed by atoms with Gasteiger partial charge in [-0.3, -0.25) is 9.59 Å². The van der Waals surface area contributed by atoms with Crippen LogP contribution in [0.15, 0.2) is 54.6 Å². The van der Waals surface area contributed by atoms with Crippen LogP contribution in [0.5, 0.6) is 0 Å². The molecule has 204 valence electrons. The molecule has 0 saturated heterocycles. The second-order valence-electron chi connectivity index (χ2n) is 9.92. The smallest absolute Gasteiger partial charge is 0.305 e. The molecular formula is C29H36FN3O5. The van der Waals surface area contributed by atoms with Gasteiger partial charge in [0, 0.05) is 19.2 Å². The van der Waals surface area contributed by atoms with Gasteiger partial charge < -0.3 is 24.8 Å². The summed E-state index contributed by atoms with van der Waals surface area (Å²) in [5, 5.41) is 29.3. The molecule has 3 aromatic rings. The Morgan fingerprint density at radius 3 is 2.21 bits per heavy atom. The molecule has 0 aliphatic rings. The maximum Gasteiger partial charge on any atom is 0.305 e. The van der Waals surface area contributed by atoms with Crippen LogP contribution < -0.4 is 0 Å². The number of carbonyl (C=O) groups excluding carboxylic acids is 1. The van der Waals surface area contributed by atoms with Gasteiger partial charge in [-0.25, -0.2) is 9.37 Å². The number of aliphatic carboxylic acids is 1. The van der Waals surface area contributed by atoms with Crippen LogP contribution in [0.2, 0.25) is 0 Å². The van der Waals surface area contributed by atoms with Crippen LogP contribution in [0, 0.1) is 5.82 Å². The lowest BCUT2D eigenvalue weighted by Crippen LogP contribution is -2.31. The number of aromatic nitrogens is 2. The largest absolute Gasteiger partial charge is 0.481 e. The number of carboxylic acid groups (broad SMARTS) is 1. The predicted octanol–water partition coefficient (Wildman–Crippen LogP) is 4.62. The fourth-order valence-electron chi connectivity index (χ4n) is 4.55. The van der Waals surface area contributed by atoms with Crippen LogP contribution in [0.25, 0.3) is 11.4 Å². The zero-order valence-corrected chi connectivity index (χ0v) is 22.2. The number of hydrogen-bond donors (Lipinski definition) is 3. The van der Waals surface area contributed by atoms with Crippen molar-refractivity contribution in [2.75, 3.05) is 7.05 Å². The molecule has 0 aliphatic heterocycles. The Kier molecular flexibility index (Phi) is 9.77.